The number of methoxy groups -OCH3 is 1. The summed E-state index contributed by atoms with van der Waals surface area (Å²) in [7, 11) is 1.83. The van der Waals surface area contributed by atoms with Crippen LogP contribution < -0.4 is 4.74 Å². The third-order valence-electron chi connectivity index (χ3n) is 19.7. The molecule has 2 aromatic carbocycles. The Balaban J connectivity index is 0.000000141. The highest BCUT2D eigenvalue weighted by atomic mass is 16.6. The minimum absolute atomic E-state index is 0.0294. The van der Waals surface area contributed by atoms with Gasteiger partial charge in [-0.15, -0.1) is 0 Å². The summed E-state index contributed by atoms with van der Waals surface area (Å²) in [6.07, 6.45) is 18.1. The van der Waals surface area contributed by atoms with Crippen molar-refractivity contribution in [1.82, 2.24) is 9.80 Å². The van der Waals surface area contributed by atoms with Crippen molar-refractivity contribution in [3.8, 4) is 17.2 Å². The topological polar surface area (TPSA) is 106 Å². The van der Waals surface area contributed by atoms with Crippen LogP contribution in [0.15, 0.2) is 30.3 Å². The number of piperidine rings is 2. The molecule has 0 aromatic heterocycles. The van der Waals surface area contributed by atoms with Crippen molar-refractivity contribution in [2.24, 2.45) is 28.6 Å². The lowest BCUT2D eigenvalue weighted by Gasteiger charge is -2.75. The first-order valence-electron chi connectivity index (χ1n) is 23.5. The molecule has 8 nitrogen and oxygen atoms in total. The van der Waals surface area contributed by atoms with Gasteiger partial charge in [0.15, 0.2) is 11.5 Å². The Hall–Kier alpha value is -2.36. The second-order valence-electron chi connectivity index (χ2n) is 22.6. The maximum Gasteiger partial charge on any atom is 0.165 e. The Labute approximate surface area is 346 Å². The van der Waals surface area contributed by atoms with E-state index in [9.17, 15) is 20.4 Å². The highest BCUT2D eigenvalue weighted by Crippen LogP contribution is 2.78. The Kier molecular flexibility index (Phi) is 8.38. The minimum atomic E-state index is -0.909. The van der Waals surface area contributed by atoms with E-state index in [0.717, 1.165) is 89.1 Å². The molecular formula is C50H70N2O6. The van der Waals surface area contributed by atoms with Crippen molar-refractivity contribution in [1.29, 1.82) is 0 Å². The molecule has 0 unspecified atom stereocenters. The molecular weight excluding hydrogens is 725 g/mol. The predicted molar refractivity (Wildman–Crippen MR) is 224 cm³/mol. The van der Waals surface area contributed by atoms with Crippen LogP contribution in [0.1, 0.15) is 140 Å². The molecule has 316 valence electrons. The second-order valence-corrected chi connectivity index (χ2v) is 22.6. The standard InChI is InChI=1S/C29H41NO4.C21H29NO2/c1-25(2,3)26(4,32)20-15-27-10-11-29(20,33-5)24-28(27)12-13-30(16-17-6-7-17)21(27)14-18-8-9-19(31)23(34-24)22(18)28;23-17-7-6-16-12-19-21(24)9-2-1-8-20(21,18(16)13-17)10-11-22(19)14-15-4-3-5-15/h8-9,17,20-21,24,31-32H,6-7,10-16H2,1-5H3;6-7,13,15,19,23-24H,1-5,8-12,14H2/t20-,21-,24-,26+,27-,28+,29+;19-,20+,21-/m11/s1. The molecule has 8 fully saturated rings. The van der Waals surface area contributed by atoms with E-state index in [1.807, 2.05) is 32.2 Å². The van der Waals surface area contributed by atoms with Gasteiger partial charge in [0.25, 0.3) is 0 Å². The van der Waals surface area contributed by atoms with E-state index in [1.54, 1.807) is 0 Å². The van der Waals surface area contributed by atoms with Gasteiger partial charge in [-0.3, -0.25) is 9.80 Å². The largest absolute Gasteiger partial charge is 0.508 e. The van der Waals surface area contributed by atoms with Gasteiger partial charge in [0.05, 0.1) is 11.2 Å². The van der Waals surface area contributed by atoms with Crippen molar-refractivity contribution < 1.29 is 29.9 Å². The number of rotatable bonds is 6. The molecule has 6 saturated carbocycles. The molecule has 11 aliphatic rings. The normalized spacial score (nSPS) is 41.8. The van der Waals surface area contributed by atoms with Crippen LogP contribution >= 0.6 is 0 Å². The molecule has 3 aliphatic heterocycles. The van der Waals surface area contributed by atoms with Gasteiger partial charge in [-0.05, 0) is 156 Å². The SMILES string of the molecule is CO[C@@]12CC[C@@]3(C[C@@H]1[C@](C)(O)C(C)(C)C)[C@H]1Cc4ccc(O)c5c4[C@@]3(CCN1CC1CC1)[C@H]2O5.Oc1ccc2c(c1)[C@@]13CCCC[C@@]1(O)[C@@H](C2)N(CC1CCC1)CC3. The molecule has 2 aromatic rings. The van der Waals surface area contributed by atoms with Gasteiger partial charge in [-0.2, -0.15) is 0 Å². The highest BCUT2D eigenvalue weighted by molar-refractivity contribution is 5.63. The van der Waals surface area contributed by atoms with Crippen LogP contribution in [0.25, 0.3) is 0 Å². The second kappa shape index (κ2) is 12.6. The molecule has 58 heavy (non-hydrogen) atoms. The van der Waals surface area contributed by atoms with Crippen LogP contribution in [-0.2, 0) is 28.4 Å². The van der Waals surface area contributed by atoms with Crippen LogP contribution in [-0.4, -0.2) is 98.5 Å². The minimum Gasteiger partial charge on any atom is -0.508 e. The van der Waals surface area contributed by atoms with Gasteiger partial charge in [-0.25, -0.2) is 0 Å². The molecule has 8 heteroatoms. The summed E-state index contributed by atoms with van der Waals surface area (Å²) in [6, 6.07) is 10.6. The molecule has 2 spiro atoms. The van der Waals surface area contributed by atoms with Gasteiger partial charge < -0.3 is 29.9 Å². The van der Waals surface area contributed by atoms with Crippen LogP contribution in [0.3, 0.4) is 0 Å². The summed E-state index contributed by atoms with van der Waals surface area (Å²) in [5, 5.41) is 45.2. The monoisotopic (exact) mass is 795 g/mol. The summed E-state index contributed by atoms with van der Waals surface area (Å²) in [4.78, 5) is 5.45. The number of hydrogen-bond donors (Lipinski definition) is 4. The predicted octanol–water partition coefficient (Wildman–Crippen LogP) is 7.78. The smallest absolute Gasteiger partial charge is 0.165 e. The van der Waals surface area contributed by atoms with Crippen LogP contribution in [0.5, 0.6) is 17.2 Å². The number of phenolic OH excluding ortho intramolecular Hbond substituents is 2. The average molecular weight is 795 g/mol. The van der Waals surface area contributed by atoms with Crippen LogP contribution in [0.2, 0.25) is 0 Å². The number of likely N-dealkylation sites (tertiary alicyclic amines) is 2. The molecule has 8 aliphatic carbocycles. The fourth-order valence-corrected chi connectivity index (χ4v) is 15.9. The number of aromatic hydroxyl groups is 2. The lowest BCUT2D eigenvalue weighted by atomic mass is 9.33. The fourth-order valence-electron chi connectivity index (χ4n) is 15.9. The molecule has 4 N–H and O–H groups in total. The zero-order valence-electron chi connectivity index (χ0n) is 36.0. The number of phenols is 2. The fraction of sp³-hybridized carbons (Fsp3) is 0.760. The zero-order valence-corrected chi connectivity index (χ0v) is 36.0. The quantitative estimate of drug-likeness (QED) is 0.235. The summed E-state index contributed by atoms with van der Waals surface area (Å²) in [5.74, 6) is 3.01. The van der Waals surface area contributed by atoms with Crippen LogP contribution in [0.4, 0.5) is 0 Å². The van der Waals surface area contributed by atoms with Crippen molar-refractivity contribution in [2.45, 2.75) is 176 Å². The Bertz CT molecular complexity index is 1990. The Morgan fingerprint density at radius 2 is 1.48 bits per heavy atom. The number of hydrogen-bond acceptors (Lipinski definition) is 8. The molecule has 0 radical (unpaired) electrons. The highest BCUT2D eigenvalue weighted by Gasteiger charge is 2.82. The van der Waals surface area contributed by atoms with E-state index in [2.05, 4.69) is 42.7 Å². The summed E-state index contributed by atoms with van der Waals surface area (Å²) in [6.45, 7) is 13.1. The van der Waals surface area contributed by atoms with Gasteiger partial charge in [0, 0.05) is 60.0 Å². The third-order valence-corrected chi connectivity index (χ3v) is 19.7. The molecule has 2 saturated heterocycles. The van der Waals surface area contributed by atoms with E-state index in [4.69, 9.17) is 9.47 Å². The number of benzene rings is 2. The van der Waals surface area contributed by atoms with Gasteiger partial charge >= 0.3 is 0 Å². The van der Waals surface area contributed by atoms with E-state index >= 15 is 0 Å². The summed E-state index contributed by atoms with van der Waals surface area (Å²) < 4.78 is 13.5. The van der Waals surface area contributed by atoms with Crippen molar-refractivity contribution in [3.05, 3.63) is 52.6 Å². The molecule has 13 rings (SSSR count). The van der Waals surface area contributed by atoms with Gasteiger partial charge in [0.1, 0.15) is 17.5 Å². The number of nitrogens with zero attached hydrogens (tertiary/aromatic N) is 2. The van der Waals surface area contributed by atoms with Crippen molar-refractivity contribution in [2.75, 3.05) is 33.3 Å². The molecule has 10 atom stereocenters. The third kappa shape index (κ3) is 4.82. The number of ether oxygens (including phenoxy) is 2. The molecule has 0 amide bonds. The Morgan fingerprint density at radius 3 is 2.19 bits per heavy atom. The van der Waals surface area contributed by atoms with Crippen molar-refractivity contribution in [3.63, 3.8) is 0 Å². The number of fused-ring (bicyclic) bond motifs is 3. The molecule has 6 bridgehead atoms. The maximum atomic E-state index is 12.2. The summed E-state index contributed by atoms with van der Waals surface area (Å²) >= 11 is 0. The van der Waals surface area contributed by atoms with Crippen LogP contribution in [0, 0.1) is 28.6 Å². The Morgan fingerprint density at radius 1 is 0.793 bits per heavy atom. The molecule has 3 heterocycles. The first-order chi connectivity index (χ1) is 27.6. The average Bonchev–Trinajstić information content (AvgIpc) is 3.92. The van der Waals surface area contributed by atoms with E-state index < -0.39 is 16.8 Å². The van der Waals surface area contributed by atoms with Gasteiger partial charge in [-0.1, -0.05) is 52.2 Å². The van der Waals surface area contributed by atoms with E-state index in [0.29, 0.717) is 17.5 Å². The summed E-state index contributed by atoms with van der Waals surface area (Å²) in [5.41, 5.74) is 2.67. The van der Waals surface area contributed by atoms with Crippen molar-refractivity contribution >= 4 is 0 Å². The first kappa shape index (κ1) is 38.6. The van der Waals surface area contributed by atoms with E-state index in [1.165, 1.54) is 73.9 Å². The maximum absolute atomic E-state index is 12.2. The lowest BCUT2D eigenvalue weighted by Crippen LogP contribution is -2.83. The number of aliphatic hydroxyl groups is 2. The lowest BCUT2D eigenvalue weighted by molar-refractivity contribution is -0.312. The first-order valence-corrected chi connectivity index (χ1v) is 23.5. The van der Waals surface area contributed by atoms with E-state index in [-0.39, 0.29) is 45.5 Å². The van der Waals surface area contributed by atoms with Gasteiger partial charge in [0.2, 0.25) is 0 Å². The zero-order chi connectivity index (χ0) is 40.3.